The Bertz CT molecular complexity index is 909. The van der Waals surface area contributed by atoms with Crippen LogP contribution in [0.3, 0.4) is 0 Å². The van der Waals surface area contributed by atoms with Gasteiger partial charge in [-0.15, -0.1) is 11.4 Å². The van der Waals surface area contributed by atoms with Gasteiger partial charge in [0.15, 0.2) is 12.6 Å². The maximum Gasteiger partial charge on any atom is 2.00 e. The van der Waals surface area contributed by atoms with E-state index in [4.69, 9.17) is 20.4 Å². The maximum atomic E-state index is 8.72. The first kappa shape index (κ1) is 37.8. The molecule has 3 radical (unpaired) electrons. The van der Waals surface area contributed by atoms with Crippen molar-refractivity contribution in [2.75, 3.05) is 0 Å². The van der Waals surface area contributed by atoms with E-state index in [0.29, 0.717) is 0 Å². The summed E-state index contributed by atoms with van der Waals surface area (Å²) in [5.74, 6) is 0. The van der Waals surface area contributed by atoms with E-state index in [2.05, 4.69) is 34.9 Å². The molecule has 2 heterocycles. The normalized spacial score (nSPS) is 10.9. The van der Waals surface area contributed by atoms with E-state index < -0.39 is 12.6 Å². The van der Waals surface area contributed by atoms with Crippen molar-refractivity contribution in [1.82, 2.24) is 0 Å². The number of hydrogen-bond donors (Lipinski definition) is 4. The van der Waals surface area contributed by atoms with E-state index in [1.165, 1.54) is 24.3 Å². The van der Waals surface area contributed by atoms with Crippen LogP contribution >= 0.6 is 0 Å². The zero-order chi connectivity index (χ0) is 18.5. The molecule has 2 aliphatic rings. The molecule has 0 aromatic heterocycles. The van der Waals surface area contributed by atoms with Crippen molar-refractivity contribution in [3.63, 3.8) is 0 Å². The molecule has 0 atom stereocenters. The molecule has 9 nitrogen and oxygen atoms in total. The fourth-order valence-electron chi connectivity index (χ4n) is 2.56. The molecule has 0 amide bonds. The van der Waals surface area contributed by atoms with Crippen LogP contribution in [0.5, 0.6) is 0 Å². The minimum Gasteiger partial charge on any atom is -0.665 e. The van der Waals surface area contributed by atoms with Crippen LogP contribution in [0.25, 0.3) is 22.8 Å². The Morgan fingerprint density at radius 2 is 1.00 bits per heavy atom. The second kappa shape index (κ2) is 18.0. The van der Waals surface area contributed by atoms with Crippen LogP contribution < -0.4 is 10.4 Å². The summed E-state index contributed by atoms with van der Waals surface area (Å²) < 4.78 is 0. The molecular weight excluding hydrogens is 545 g/mol. The second-order valence-corrected chi connectivity index (χ2v) is 5.63. The van der Waals surface area contributed by atoms with E-state index in [1.54, 1.807) is 12.4 Å². The molecule has 0 saturated heterocycles. The fourth-order valence-corrected chi connectivity index (χ4v) is 2.56. The first-order valence-corrected chi connectivity index (χ1v) is 7.97. The summed E-state index contributed by atoms with van der Waals surface area (Å²) in [5.41, 5.74) is 2.43. The van der Waals surface area contributed by atoms with E-state index in [-0.39, 0.29) is 78.8 Å². The van der Waals surface area contributed by atoms with Gasteiger partial charge in [-0.05, 0) is 16.5 Å². The third-order valence-corrected chi connectivity index (χ3v) is 3.85. The molecule has 2 aromatic carbocycles. The van der Waals surface area contributed by atoms with Crippen LogP contribution in [0, 0.1) is 0 Å². The van der Waals surface area contributed by atoms with E-state index in [9.17, 15) is 0 Å². The van der Waals surface area contributed by atoms with Gasteiger partial charge in [-0.2, -0.15) is 12.4 Å². The molecule has 0 unspecified atom stereocenters. The minimum absolute atomic E-state index is 0. The number of aliphatic hydroxyl groups is 4. The first-order valence-electron chi connectivity index (χ1n) is 7.97. The monoisotopic (exact) mass is 569 g/mol. The Labute approximate surface area is 216 Å². The topological polar surface area (TPSA) is 204 Å². The van der Waals surface area contributed by atoms with Gasteiger partial charge in [0, 0.05) is 45.3 Å². The molecule has 12 heteroatoms. The first-order chi connectivity index (χ1) is 12.6. The molecule has 0 spiro atoms. The van der Waals surface area contributed by atoms with Crippen molar-refractivity contribution in [1.29, 1.82) is 0 Å². The predicted octanol–water partition coefficient (Wildman–Crippen LogP) is -0.516. The summed E-state index contributed by atoms with van der Waals surface area (Å²) >= 11 is 0. The molecule has 0 bridgehead atoms. The Hall–Kier alpha value is -1.46. The number of allylic oxidation sites excluding steroid dienone is 2. The van der Waals surface area contributed by atoms with Gasteiger partial charge in [0.2, 0.25) is 0 Å². The molecule has 2 aliphatic heterocycles. The van der Waals surface area contributed by atoms with Gasteiger partial charge in [-0.3, -0.25) is 0 Å². The number of rotatable bonds is 2. The van der Waals surface area contributed by atoms with Crippen molar-refractivity contribution in [3.8, 4) is 0 Å². The maximum absolute atomic E-state index is 8.72. The van der Waals surface area contributed by atoms with Crippen molar-refractivity contribution in [2.24, 2.45) is 0 Å². The smallest absolute Gasteiger partial charge is 0.665 e. The van der Waals surface area contributed by atoms with E-state index in [0.717, 1.165) is 21.8 Å². The third kappa shape index (κ3) is 9.58. The predicted molar refractivity (Wildman–Crippen MR) is 111 cm³/mol. The quantitative estimate of drug-likeness (QED) is 0.279. The van der Waals surface area contributed by atoms with Gasteiger partial charge >= 0.3 is 17.1 Å². The van der Waals surface area contributed by atoms with Crippen LogP contribution in [-0.4, -0.2) is 36.9 Å². The average Bonchev–Trinajstić information content (AvgIpc) is 2.68. The molecular formula is C20H24Mn3N2O7. The summed E-state index contributed by atoms with van der Waals surface area (Å²) in [4.78, 5) is 0. The molecule has 4 rings (SSSR count). The summed E-state index contributed by atoms with van der Waals surface area (Å²) in [6.45, 7) is 0. The standard InChI is InChI=1S/C12H8N2.C8H10O4.3Mn.3H2O/c1-3-9-5-6-10-4-2-8-14-12(10)11(9)13-7-1;9-7(10)5-2-1-3-6(4-5)8(11)12;;;;;;/h1-8H;1-4,7-12H;;;;3*1H2/q-2;;;;+2;;;. The Balaban J connectivity index is -0.000000208. The van der Waals surface area contributed by atoms with Crippen LogP contribution in [-0.2, 0) is 51.2 Å². The van der Waals surface area contributed by atoms with Gasteiger partial charge < -0.3 is 47.5 Å². The van der Waals surface area contributed by atoms with Crippen molar-refractivity contribution >= 4 is 23.5 Å². The largest absolute Gasteiger partial charge is 2.00 e. The minimum atomic E-state index is -1.58. The zero-order valence-electron chi connectivity index (χ0n) is 16.4. The average molecular weight is 569 g/mol. The number of benzene rings is 2. The zero-order valence-corrected chi connectivity index (χ0v) is 19.9. The summed E-state index contributed by atoms with van der Waals surface area (Å²) in [5, 5.41) is 45.9. The Morgan fingerprint density at radius 1 is 0.625 bits per heavy atom. The summed E-state index contributed by atoms with van der Waals surface area (Å²) in [6.07, 6.45) is 8.43. The van der Waals surface area contributed by atoms with Crippen molar-refractivity contribution in [3.05, 3.63) is 93.1 Å². The molecule has 2 aromatic rings. The number of aliphatic hydroxyl groups excluding tert-OH is 2. The SMILES string of the molecule is C1=C[N-]c2c3c(ccc2=C1)=CC=C[N-]3.O.O.O.OC(O)c1cccc(C(O)O)c1.[Mn+2].[Mn].[Mn]. The van der Waals surface area contributed by atoms with Gasteiger partial charge in [-0.1, -0.05) is 54.6 Å². The molecule has 0 saturated carbocycles. The van der Waals surface area contributed by atoms with Gasteiger partial charge in [-0.25, -0.2) is 0 Å². The number of fused-ring (bicyclic) bond motifs is 3. The van der Waals surface area contributed by atoms with Gasteiger partial charge in [0.05, 0.1) is 0 Å². The summed E-state index contributed by atoms with van der Waals surface area (Å²) in [6, 6.07) is 9.95. The Morgan fingerprint density at radius 3 is 1.34 bits per heavy atom. The molecule has 10 N–H and O–H groups in total. The second-order valence-electron chi connectivity index (χ2n) is 5.63. The van der Waals surface area contributed by atoms with E-state index >= 15 is 0 Å². The molecule has 177 valence electrons. The molecule has 0 fully saturated rings. The van der Waals surface area contributed by atoms with Crippen LogP contribution in [0.1, 0.15) is 23.7 Å². The molecule has 0 aliphatic carbocycles. The Kier molecular flexibility index (Phi) is 21.3. The van der Waals surface area contributed by atoms with Crippen LogP contribution in [0.15, 0.2) is 61.0 Å². The van der Waals surface area contributed by atoms with Crippen LogP contribution in [0.2, 0.25) is 0 Å². The summed E-state index contributed by atoms with van der Waals surface area (Å²) in [7, 11) is 0. The van der Waals surface area contributed by atoms with E-state index in [1.807, 2.05) is 12.2 Å². The fraction of sp³-hybridized carbons (Fsp3) is 0.100. The van der Waals surface area contributed by atoms with Gasteiger partial charge in [0.25, 0.3) is 0 Å². The van der Waals surface area contributed by atoms with Gasteiger partial charge in [0.1, 0.15) is 0 Å². The number of nitrogens with zero attached hydrogens (tertiary/aromatic N) is 2. The number of hydrogen-bond acceptors (Lipinski definition) is 4. The molecule has 32 heavy (non-hydrogen) atoms. The van der Waals surface area contributed by atoms with Crippen molar-refractivity contribution < 1.29 is 88.1 Å². The van der Waals surface area contributed by atoms with Crippen LogP contribution in [0.4, 0.5) is 11.4 Å². The third-order valence-electron chi connectivity index (χ3n) is 3.85. The van der Waals surface area contributed by atoms with Crippen molar-refractivity contribution in [2.45, 2.75) is 12.6 Å².